The molecule has 0 saturated carbocycles. The first-order chi connectivity index (χ1) is 7.32. The van der Waals surface area contributed by atoms with Gasteiger partial charge in [-0.05, 0) is 6.07 Å². The van der Waals surface area contributed by atoms with Crippen molar-refractivity contribution in [1.82, 2.24) is 5.32 Å². The summed E-state index contributed by atoms with van der Waals surface area (Å²) in [6, 6.07) is 3.30. The van der Waals surface area contributed by atoms with Gasteiger partial charge in [0, 0.05) is 11.6 Å². The number of halogens is 3. The van der Waals surface area contributed by atoms with E-state index >= 15 is 0 Å². The maximum atomic E-state index is 12.8. The number of para-hydroxylation sites is 1. The SMILES string of the molecule is CC(C)NC(c1ccccc1O)C(F)(F)F. The van der Waals surface area contributed by atoms with Gasteiger partial charge in [-0.1, -0.05) is 32.0 Å². The van der Waals surface area contributed by atoms with E-state index in [0.717, 1.165) is 0 Å². The highest BCUT2D eigenvalue weighted by Crippen LogP contribution is 2.36. The average molecular weight is 233 g/mol. The summed E-state index contributed by atoms with van der Waals surface area (Å²) in [5.74, 6) is -0.349. The summed E-state index contributed by atoms with van der Waals surface area (Å²) in [7, 11) is 0. The molecule has 0 fully saturated rings. The highest BCUT2D eigenvalue weighted by molar-refractivity contribution is 5.35. The Morgan fingerprint density at radius 1 is 1.19 bits per heavy atom. The molecule has 0 aliphatic rings. The monoisotopic (exact) mass is 233 g/mol. The Labute approximate surface area is 92.1 Å². The van der Waals surface area contributed by atoms with Crippen molar-refractivity contribution in [2.45, 2.75) is 32.1 Å². The van der Waals surface area contributed by atoms with E-state index in [2.05, 4.69) is 5.32 Å². The van der Waals surface area contributed by atoms with Crippen molar-refractivity contribution in [3.63, 3.8) is 0 Å². The second-order valence-electron chi connectivity index (χ2n) is 3.85. The fraction of sp³-hybridized carbons (Fsp3) is 0.455. The Hall–Kier alpha value is -1.23. The highest BCUT2D eigenvalue weighted by atomic mass is 19.4. The van der Waals surface area contributed by atoms with Gasteiger partial charge in [-0.2, -0.15) is 13.2 Å². The fourth-order valence-corrected chi connectivity index (χ4v) is 1.43. The lowest BCUT2D eigenvalue weighted by molar-refractivity contribution is -0.159. The van der Waals surface area contributed by atoms with Crippen LogP contribution < -0.4 is 5.32 Å². The molecule has 2 N–H and O–H groups in total. The van der Waals surface area contributed by atoms with Gasteiger partial charge in [0.25, 0.3) is 0 Å². The molecule has 5 heteroatoms. The molecule has 1 aromatic carbocycles. The molecule has 1 atom stereocenters. The van der Waals surface area contributed by atoms with Gasteiger partial charge in [-0.3, -0.25) is 0 Å². The third-order valence-electron chi connectivity index (χ3n) is 2.08. The van der Waals surface area contributed by atoms with Crippen LogP contribution in [-0.4, -0.2) is 17.3 Å². The number of hydrogen-bond acceptors (Lipinski definition) is 2. The van der Waals surface area contributed by atoms with Crippen LogP contribution >= 0.6 is 0 Å². The highest BCUT2D eigenvalue weighted by Gasteiger charge is 2.42. The molecule has 2 nitrogen and oxygen atoms in total. The van der Waals surface area contributed by atoms with Gasteiger partial charge in [0.2, 0.25) is 0 Å². The number of nitrogens with one attached hydrogen (secondary N) is 1. The number of aromatic hydroxyl groups is 1. The molecular formula is C11H14F3NO. The Bertz CT molecular complexity index is 349. The predicted molar refractivity (Wildman–Crippen MR) is 55.2 cm³/mol. The third-order valence-corrected chi connectivity index (χ3v) is 2.08. The summed E-state index contributed by atoms with van der Waals surface area (Å²) in [5, 5.41) is 11.8. The predicted octanol–water partition coefficient (Wildman–Crippen LogP) is 2.99. The molecule has 1 unspecified atom stereocenters. The van der Waals surface area contributed by atoms with E-state index in [9.17, 15) is 18.3 Å². The van der Waals surface area contributed by atoms with Gasteiger partial charge in [0.1, 0.15) is 11.8 Å². The van der Waals surface area contributed by atoms with Crippen molar-refractivity contribution < 1.29 is 18.3 Å². The first-order valence-corrected chi connectivity index (χ1v) is 4.93. The van der Waals surface area contributed by atoms with Crippen molar-refractivity contribution in [1.29, 1.82) is 0 Å². The van der Waals surface area contributed by atoms with E-state index in [1.165, 1.54) is 24.3 Å². The van der Waals surface area contributed by atoms with Crippen LogP contribution in [0.1, 0.15) is 25.5 Å². The van der Waals surface area contributed by atoms with Crippen molar-refractivity contribution in [2.75, 3.05) is 0 Å². The normalized spacial score (nSPS) is 14.1. The van der Waals surface area contributed by atoms with Crippen LogP contribution in [0.4, 0.5) is 13.2 Å². The summed E-state index contributed by atoms with van der Waals surface area (Å²) in [6.07, 6.45) is -4.43. The molecule has 0 radical (unpaired) electrons. The molecule has 0 aromatic heterocycles. The van der Waals surface area contributed by atoms with Crippen LogP contribution in [0.2, 0.25) is 0 Å². The van der Waals surface area contributed by atoms with Crippen LogP contribution in [-0.2, 0) is 0 Å². The second-order valence-corrected chi connectivity index (χ2v) is 3.85. The van der Waals surface area contributed by atoms with E-state index in [0.29, 0.717) is 0 Å². The Kier molecular flexibility index (Phi) is 3.80. The lowest BCUT2D eigenvalue weighted by Crippen LogP contribution is -2.38. The molecule has 0 amide bonds. The van der Waals surface area contributed by atoms with Crippen LogP contribution in [0, 0.1) is 0 Å². The average Bonchev–Trinajstić information content (AvgIpc) is 2.13. The summed E-state index contributed by atoms with van der Waals surface area (Å²) in [4.78, 5) is 0. The first kappa shape index (κ1) is 12.8. The molecule has 0 spiro atoms. The topological polar surface area (TPSA) is 32.3 Å². The van der Waals surface area contributed by atoms with Gasteiger partial charge in [-0.15, -0.1) is 0 Å². The maximum absolute atomic E-state index is 12.8. The largest absolute Gasteiger partial charge is 0.508 e. The molecule has 1 aromatic rings. The van der Waals surface area contributed by atoms with Crippen LogP contribution in [0.15, 0.2) is 24.3 Å². The molecule has 0 aliphatic heterocycles. The maximum Gasteiger partial charge on any atom is 0.408 e. The lowest BCUT2D eigenvalue weighted by atomic mass is 10.0. The van der Waals surface area contributed by atoms with E-state index in [1.54, 1.807) is 13.8 Å². The molecule has 1 rings (SSSR count). The van der Waals surface area contributed by atoms with Crippen LogP contribution in [0.25, 0.3) is 0 Å². The Morgan fingerprint density at radius 3 is 2.19 bits per heavy atom. The number of benzene rings is 1. The molecule has 90 valence electrons. The summed E-state index contributed by atoms with van der Waals surface area (Å²) in [6.45, 7) is 3.25. The standard InChI is InChI=1S/C11H14F3NO/c1-7(2)15-10(11(12,13)14)8-5-3-4-6-9(8)16/h3-7,10,15-16H,1-2H3. The van der Waals surface area contributed by atoms with Crippen LogP contribution in [0.3, 0.4) is 0 Å². The third kappa shape index (κ3) is 3.13. The quantitative estimate of drug-likeness (QED) is 0.841. The zero-order valence-corrected chi connectivity index (χ0v) is 9.05. The number of phenolic OH excluding ortho intramolecular Hbond substituents is 1. The van der Waals surface area contributed by atoms with E-state index < -0.39 is 12.2 Å². The van der Waals surface area contributed by atoms with Gasteiger partial charge >= 0.3 is 6.18 Å². The van der Waals surface area contributed by atoms with Crippen molar-refractivity contribution in [2.24, 2.45) is 0 Å². The minimum Gasteiger partial charge on any atom is -0.508 e. The molecule has 0 saturated heterocycles. The van der Waals surface area contributed by atoms with E-state index in [1.807, 2.05) is 0 Å². The summed E-state index contributed by atoms with van der Waals surface area (Å²) in [5.41, 5.74) is -0.149. The number of rotatable bonds is 3. The zero-order chi connectivity index (χ0) is 12.3. The number of alkyl halides is 3. The lowest BCUT2D eigenvalue weighted by Gasteiger charge is -2.24. The van der Waals surface area contributed by atoms with Crippen LogP contribution in [0.5, 0.6) is 5.75 Å². The minimum atomic E-state index is -4.43. The Balaban J connectivity index is 3.07. The van der Waals surface area contributed by atoms with Crippen molar-refractivity contribution >= 4 is 0 Å². The first-order valence-electron chi connectivity index (χ1n) is 4.93. The fourth-order valence-electron chi connectivity index (χ4n) is 1.43. The van der Waals surface area contributed by atoms with E-state index in [4.69, 9.17) is 0 Å². The van der Waals surface area contributed by atoms with Gasteiger partial charge in [0.05, 0.1) is 0 Å². The smallest absolute Gasteiger partial charge is 0.408 e. The summed E-state index contributed by atoms with van der Waals surface area (Å²) < 4.78 is 38.3. The van der Waals surface area contributed by atoms with Crippen molar-refractivity contribution in [3.8, 4) is 5.75 Å². The Morgan fingerprint density at radius 2 is 1.75 bits per heavy atom. The molecule has 0 aliphatic carbocycles. The molecule has 16 heavy (non-hydrogen) atoms. The second kappa shape index (κ2) is 4.74. The molecule has 0 bridgehead atoms. The number of phenols is 1. The van der Waals surface area contributed by atoms with E-state index in [-0.39, 0.29) is 17.4 Å². The van der Waals surface area contributed by atoms with Crippen molar-refractivity contribution in [3.05, 3.63) is 29.8 Å². The summed E-state index contributed by atoms with van der Waals surface area (Å²) >= 11 is 0. The molecular weight excluding hydrogens is 219 g/mol. The van der Waals surface area contributed by atoms with Gasteiger partial charge in [-0.25, -0.2) is 0 Å². The zero-order valence-electron chi connectivity index (χ0n) is 9.05. The molecule has 0 heterocycles. The van der Waals surface area contributed by atoms with Gasteiger partial charge in [0.15, 0.2) is 0 Å². The minimum absolute atomic E-state index is 0.149. The van der Waals surface area contributed by atoms with Gasteiger partial charge < -0.3 is 10.4 Å². The number of hydrogen-bond donors (Lipinski definition) is 2.